The predicted octanol–water partition coefficient (Wildman–Crippen LogP) is 4.71. The number of ether oxygens (including phenoxy) is 1. The second kappa shape index (κ2) is 6.28. The molecule has 0 aliphatic carbocycles. The lowest BCUT2D eigenvalue weighted by Crippen LogP contribution is -1.97. The van der Waals surface area contributed by atoms with Crippen LogP contribution < -0.4 is 4.74 Å². The molecule has 1 heterocycles. The van der Waals surface area contributed by atoms with Crippen molar-refractivity contribution in [1.29, 1.82) is 0 Å². The number of aromatic nitrogens is 1. The van der Waals surface area contributed by atoms with Crippen LogP contribution >= 0.6 is 34.8 Å². The van der Waals surface area contributed by atoms with Gasteiger partial charge in [0.2, 0.25) is 0 Å². The second-order valence-electron chi connectivity index (χ2n) is 3.62. The van der Waals surface area contributed by atoms with Crippen LogP contribution in [0.3, 0.4) is 0 Å². The zero-order valence-corrected chi connectivity index (χ0v) is 11.6. The Morgan fingerprint density at radius 2 is 1.94 bits per heavy atom. The topological polar surface area (TPSA) is 22.1 Å². The van der Waals surface area contributed by atoms with Crippen molar-refractivity contribution >= 4 is 34.8 Å². The largest absolute Gasteiger partial charge is 0.487 e. The third-order valence-electron chi connectivity index (χ3n) is 2.36. The molecule has 2 nitrogen and oxygen atoms in total. The van der Waals surface area contributed by atoms with Crippen LogP contribution in [0, 0.1) is 0 Å². The zero-order valence-electron chi connectivity index (χ0n) is 9.37. The molecule has 94 valence electrons. The van der Waals surface area contributed by atoms with Gasteiger partial charge in [0.15, 0.2) is 0 Å². The lowest BCUT2D eigenvalue weighted by molar-refractivity contribution is 0.305. The molecule has 0 saturated carbocycles. The van der Waals surface area contributed by atoms with E-state index in [1.807, 2.05) is 24.3 Å². The quantitative estimate of drug-likeness (QED) is 0.763. The number of pyridine rings is 1. The molecule has 0 N–H and O–H groups in total. The van der Waals surface area contributed by atoms with E-state index >= 15 is 0 Å². The highest BCUT2D eigenvalue weighted by molar-refractivity contribution is 6.42. The molecular formula is C13H10Cl3NO. The molecule has 1 aromatic carbocycles. The summed E-state index contributed by atoms with van der Waals surface area (Å²) in [6, 6.07) is 9.09. The molecule has 2 rings (SSSR count). The molecule has 0 fully saturated rings. The summed E-state index contributed by atoms with van der Waals surface area (Å²) in [5, 5.41) is 1.04. The minimum absolute atomic E-state index is 0.349. The van der Waals surface area contributed by atoms with Crippen LogP contribution in [-0.2, 0) is 12.5 Å². The fraction of sp³-hybridized carbons (Fsp3) is 0.154. The van der Waals surface area contributed by atoms with Crippen LogP contribution in [0.1, 0.15) is 11.3 Å². The van der Waals surface area contributed by atoms with Gasteiger partial charge in [0.1, 0.15) is 12.4 Å². The van der Waals surface area contributed by atoms with E-state index in [9.17, 15) is 0 Å². The first-order valence-corrected chi connectivity index (χ1v) is 6.56. The molecule has 0 bridgehead atoms. The first-order chi connectivity index (χ1) is 8.70. The summed E-state index contributed by atoms with van der Waals surface area (Å²) in [4.78, 5) is 4.13. The molecule has 0 aliphatic rings. The van der Waals surface area contributed by atoms with Gasteiger partial charge in [-0.25, -0.2) is 0 Å². The highest BCUT2D eigenvalue weighted by atomic mass is 35.5. The molecule has 0 amide bonds. The highest BCUT2D eigenvalue weighted by Gasteiger charge is 2.05. The van der Waals surface area contributed by atoms with E-state index in [0.29, 0.717) is 28.3 Å². The van der Waals surface area contributed by atoms with E-state index in [1.54, 1.807) is 12.3 Å². The molecule has 0 radical (unpaired) electrons. The van der Waals surface area contributed by atoms with Gasteiger partial charge in [-0.2, -0.15) is 0 Å². The first kappa shape index (κ1) is 13.5. The minimum Gasteiger partial charge on any atom is -0.487 e. The van der Waals surface area contributed by atoms with Gasteiger partial charge in [-0.15, -0.1) is 11.6 Å². The number of rotatable bonds is 4. The number of nitrogens with zero attached hydrogens (tertiary/aromatic N) is 1. The number of hydrogen-bond acceptors (Lipinski definition) is 2. The van der Waals surface area contributed by atoms with Crippen LogP contribution in [0.5, 0.6) is 5.75 Å². The van der Waals surface area contributed by atoms with Gasteiger partial charge in [0, 0.05) is 5.56 Å². The van der Waals surface area contributed by atoms with Crippen LogP contribution in [0.2, 0.25) is 10.0 Å². The normalized spacial score (nSPS) is 10.4. The molecular weight excluding hydrogens is 293 g/mol. The molecule has 18 heavy (non-hydrogen) atoms. The maximum absolute atomic E-state index is 6.06. The Morgan fingerprint density at radius 3 is 2.61 bits per heavy atom. The van der Waals surface area contributed by atoms with Crippen molar-refractivity contribution in [2.75, 3.05) is 0 Å². The molecule has 0 spiro atoms. The lowest BCUT2D eigenvalue weighted by atomic mass is 10.2. The summed E-state index contributed by atoms with van der Waals surface area (Å²) in [6.45, 7) is 0.349. The summed E-state index contributed by atoms with van der Waals surface area (Å²) in [7, 11) is 0. The van der Waals surface area contributed by atoms with Gasteiger partial charge in [-0.1, -0.05) is 35.3 Å². The summed E-state index contributed by atoms with van der Waals surface area (Å²) >= 11 is 17.6. The van der Waals surface area contributed by atoms with Gasteiger partial charge in [0.25, 0.3) is 0 Å². The summed E-state index contributed by atoms with van der Waals surface area (Å²) in [6.07, 6.45) is 1.64. The lowest BCUT2D eigenvalue weighted by Gasteiger charge is -2.08. The van der Waals surface area contributed by atoms with Crippen LogP contribution in [-0.4, -0.2) is 4.98 Å². The molecule has 5 heteroatoms. The average Bonchev–Trinajstić information content (AvgIpc) is 2.41. The van der Waals surface area contributed by atoms with Gasteiger partial charge < -0.3 is 4.74 Å². The number of hydrogen-bond donors (Lipinski definition) is 0. The molecule has 0 atom stereocenters. The summed E-state index contributed by atoms with van der Waals surface area (Å²) in [5.74, 6) is 1.06. The Kier molecular flexibility index (Phi) is 4.70. The molecule has 0 aliphatic heterocycles. The van der Waals surface area contributed by atoms with Gasteiger partial charge in [-0.3, -0.25) is 4.98 Å². The number of benzene rings is 1. The van der Waals surface area contributed by atoms with E-state index in [-0.39, 0.29) is 0 Å². The Labute approximate surface area is 120 Å². The predicted molar refractivity (Wildman–Crippen MR) is 74.6 cm³/mol. The van der Waals surface area contributed by atoms with E-state index < -0.39 is 0 Å². The van der Waals surface area contributed by atoms with Crippen molar-refractivity contribution in [1.82, 2.24) is 4.98 Å². The fourth-order valence-corrected chi connectivity index (χ4v) is 1.93. The second-order valence-corrected chi connectivity index (χ2v) is 4.67. The van der Waals surface area contributed by atoms with Crippen LogP contribution in [0.4, 0.5) is 0 Å². The van der Waals surface area contributed by atoms with Crippen molar-refractivity contribution in [2.45, 2.75) is 12.5 Å². The maximum atomic E-state index is 6.06. The van der Waals surface area contributed by atoms with Crippen LogP contribution in [0.25, 0.3) is 0 Å². The van der Waals surface area contributed by atoms with Gasteiger partial charge >= 0.3 is 0 Å². The SMILES string of the molecule is ClCc1ccc(OCc2cccc(Cl)c2Cl)cn1. The van der Waals surface area contributed by atoms with Crippen molar-refractivity contribution in [2.24, 2.45) is 0 Å². The third kappa shape index (κ3) is 3.29. The van der Waals surface area contributed by atoms with Crippen molar-refractivity contribution < 1.29 is 4.74 Å². The third-order valence-corrected chi connectivity index (χ3v) is 3.49. The van der Waals surface area contributed by atoms with Gasteiger partial charge in [-0.05, 0) is 18.2 Å². The Balaban J connectivity index is 2.04. The molecule has 1 aromatic heterocycles. The number of alkyl halides is 1. The molecule has 0 unspecified atom stereocenters. The summed E-state index contributed by atoms with van der Waals surface area (Å²) < 4.78 is 5.58. The van der Waals surface area contributed by atoms with Crippen molar-refractivity contribution in [3.8, 4) is 5.75 Å². The average molecular weight is 303 g/mol. The smallest absolute Gasteiger partial charge is 0.138 e. The number of halogens is 3. The minimum atomic E-state index is 0.349. The van der Waals surface area contributed by atoms with Crippen LogP contribution in [0.15, 0.2) is 36.5 Å². The van der Waals surface area contributed by atoms with Crippen molar-refractivity contribution in [3.05, 3.63) is 57.8 Å². The summed E-state index contributed by atoms with van der Waals surface area (Å²) in [5.41, 5.74) is 1.65. The van der Waals surface area contributed by atoms with E-state index in [1.165, 1.54) is 0 Å². The highest BCUT2D eigenvalue weighted by Crippen LogP contribution is 2.26. The van der Waals surface area contributed by atoms with E-state index in [0.717, 1.165) is 11.3 Å². The van der Waals surface area contributed by atoms with Gasteiger partial charge in [0.05, 0.1) is 27.8 Å². The van der Waals surface area contributed by atoms with E-state index in [4.69, 9.17) is 39.5 Å². The zero-order chi connectivity index (χ0) is 13.0. The standard InChI is InChI=1S/C13H10Cl3NO/c14-6-10-4-5-11(7-17-10)18-8-9-2-1-3-12(15)13(9)16/h1-5,7H,6,8H2. The first-order valence-electron chi connectivity index (χ1n) is 5.27. The molecule has 0 saturated heterocycles. The van der Waals surface area contributed by atoms with Crippen molar-refractivity contribution in [3.63, 3.8) is 0 Å². The maximum Gasteiger partial charge on any atom is 0.138 e. The Hall–Kier alpha value is -0.960. The monoisotopic (exact) mass is 301 g/mol. The fourth-order valence-electron chi connectivity index (χ4n) is 1.40. The Bertz CT molecular complexity index is 528. The molecule has 2 aromatic rings. The van der Waals surface area contributed by atoms with E-state index in [2.05, 4.69) is 4.98 Å². The Morgan fingerprint density at radius 1 is 1.11 bits per heavy atom.